The van der Waals surface area contributed by atoms with Gasteiger partial charge in [0.15, 0.2) is 0 Å². The van der Waals surface area contributed by atoms with Crippen molar-refractivity contribution in [1.82, 2.24) is 20.2 Å². The molecule has 0 bridgehead atoms. The average Bonchev–Trinajstić information content (AvgIpc) is 3.28. The van der Waals surface area contributed by atoms with Crippen molar-refractivity contribution < 1.29 is 9.53 Å². The summed E-state index contributed by atoms with van der Waals surface area (Å²) >= 11 is 0. The van der Waals surface area contributed by atoms with Gasteiger partial charge in [-0.3, -0.25) is 0 Å². The van der Waals surface area contributed by atoms with Crippen LogP contribution in [0.5, 0.6) is 0 Å². The number of hydrogen-bond donors (Lipinski definition) is 0. The summed E-state index contributed by atoms with van der Waals surface area (Å²) in [6.07, 6.45) is 4.13. The Morgan fingerprint density at radius 3 is 2.17 bits per heavy atom. The van der Waals surface area contributed by atoms with E-state index in [2.05, 4.69) is 39.7 Å². The van der Waals surface area contributed by atoms with Gasteiger partial charge in [0.2, 0.25) is 5.82 Å². The lowest BCUT2D eigenvalue weighted by molar-refractivity contribution is 0.0601. The van der Waals surface area contributed by atoms with E-state index in [4.69, 9.17) is 4.74 Å². The number of benzene rings is 3. The normalized spacial score (nSPS) is 10.9. The number of aromatic nitrogens is 4. The van der Waals surface area contributed by atoms with Crippen LogP contribution in [0, 0.1) is 0 Å². The zero-order valence-corrected chi connectivity index (χ0v) is 15.8. The van der Waals surface area contributed by atoms with Gasteiger partial charge in [-0.1, -0.05) is 66.7 Å². The summed E-state index contributed by atoms with van der Waals surface area (Å²) in [5, 5.41) is 12.7. The van der Waals surface area contributed by atoms with Gasteiger partial charge in [0.25, 0.3) is 0 Å². The average molecular weight is 382 g/mol. The van der Waals surface area contributed by atoms with Crippen LogP contribution in [0.1, 0.15) is 21.5 Å². The van der Waals surface area contributed by atoms with Crippen LogP contribution in [0.15, 0.2) is 78.9 Å². The van der Waals surface area contributed by atoms with Crippen molar-refractivity contribution in [3.8, 4) is 17.1 Å². The molecule has 0 N–H and O–H groups in total. The summed E-state index contributed by atoms with van der Waals surface area (Å²) in [6, 6.07) is 24.9. The summed E-state index contributed by atoms with van der Waals surface area (Å²) in [6.45, 7) is 0. The summed E-state index contributed by atoms with van der Waals surface area (Å²) in [5.41, 5.74) is 4.29. The molecule has 0 atom stereocenters. The number of tetrazole rings is 1. The van der Waals surface area contributed by atoms with Crippen LogP contribution < -0.4 is 0 Å². The lowest BCUT2D eigenvalue weighted by Gasteiger charge is -2.00. The van der Waals surface area contributed by atoms with E-state index in [1.54, 1.807) is 24.3 Å². The van der Waals surface area contributed by atoms with E-state index >= 15 is 0 Å². The van der Waals surface area contributed by atoms with E-state index in [9.17, 15) is 4.79 Å². The first kappa shape index (κ1) is 18.3. The smallest absolute Gasteiger partial charge is 0.337 e. The second-order valence-corrected chi connectivity index (χ2v) is 6.31. The molecule has 1 heterocycles. The zero-order chi connectivity index (χ0) is 20.1. The summed E-state index contributed by atoms with van der Waals surface area (Å²) < 4.78 is 4.70. The quantitative estimate of drug-likeness (QED) is 0.380. The Labute approximate surface area is 168 Å². The van der Waals surface area contributed by atoms with Gasteiger partial charge in [-0.05, 0) is 40.6 Å². The highest BCUT2D eigenvalue weighted by Gasteiger charge is 2.09. The molecular formula is C23H18N4O2. The van der Waals surface area contributed by atoms with Crippen molar-refractivity contribution >= 4 is 18.1 Å². The fourth-order valence-electron chi connectivity index (χ4n) is 2.79. The molecule has 0 spiro atoms. The largest absolute Gasteiger partial charge is 0.465 e. The molecule has 0 amide bonds. The van der Waals surface area contributed by atoms with Crippen LogP contribution in [0.3, 0.4) is 0 Å². The first-order chi connectivity index (χ1) is 14.2. The molecule has 0 aliphatic carbocycles. The maximum absolute atomic E-state index is 11.5. The standard InChI is InChI=1S/C23H18N4O2/c1-29-23(28)20-13-11-19(12-14-20)22-24-26-27(25-22)21-15-9-18(10-16-21)8-7-17-5-3-2-4-6-17/h2-16H,1H3/b8-7+. The highest BCUT2D eigenvalue weighted by molar-refractivity contribution is 5.89. The number of carbonyl (C=O) groups excluding carboxylic acids is 1. The van der Waals surface area contributed by atoms with E-state index in [1.165, 1.54) is 11.9 Å². The van der Waals surface area contributed by atoms with Crippen LogP contribution in [-0.4, -0.2) is 33.3 Å². The van der Waals surface area contributed by atoms with Crippen LogP contribution in [0.4, 0.5) is 0 Å². The number of hydrogen-bond acceptors (Lipinski definition) is 5. The molecule has 0 fully saturated rings. The second kappa shape index (κ2) is 8.31. The number of methoxy groups -OCH3 is 1. The Morgan fingerprint density at radius 2 is 1.52 bits per heavy atom. The third-order valence-electron chi connectivity index (χ3n) is 4.37. The number of esters is 1. The van der Waals surface area contributed by atoms with Crippen molar-refractivity contribution in [2.75, 3.05) is 7.11 Å². The highest BCUT2D eigenvalue weighted by atomic mass is 16.5. The minimum absolute atomic E-state index is 0.380. The minimum Gasteiger partial charge on any atom is -0.465 e. The van der Waals surface area contributed by atoms with E-state index in [-0.39, 0.29) is 5.97 Å². The molecule has 0 unspecified atom stereocenters. The van der Waals surface area contributed by atoms with Crippen LogP contribution in [-0.2, 0) is 4.74 Å². The van der Waals surface area contributed by atoms with Crippen molar-refractivity contribution in [3.05, 3.63) is 95.6 Å². The van der Waals surface area contributed by atoms with E-state index < -0.39 is 0 Å². The third kappa shape index (κ3) is 4.27. The minimum atomic E-state index is -0.380. The van der Waals surface area contributed by atoms with E-state index in [0.29, 0.717) is 11.4 Å². The molecule has 1 aromatic heterocycles. The Bertz CT molecular complexity index is 1130. The lowest BCUT2D eigenvalue weighted by Crippen LogP contribution is -2.00. The number of nitrogens with zero attached hydrogens (tertiary/aromatic N) is 4. The van der Waals surface area contributed by atoms with E-state index in [1.807, 2.05) is 42.5 Å². The molecular weight excluding hydrogens is 364 g/mol. The van der Waals surface area contributed by atoms with Gasteiger partial charge < -0.3 is 4.74 Å². The molecule has 142 valence electrons. The van der Waals surface area contributed by atoms with Crippen LogP contribution in [0.25, 0.3) is 29.2 Å². The number of carbonyl (C=O) groups is 1. The third-order valence-corrected chi connectivity index (χ3v) is 4.37. The molecule has 0 saturated heterocycles. The molecule has 4 rings (SSSR count). The van der Waals surface area contributed by atoms with Crippen LogP contribution in [0.2, 0.25) is 0 Å². The van der Waals surface area contributed by atoms with Gasteiger partial charge in [0.05, 0.1) is 18.4 Å². The van der Waals surface area contributed by atoms with Crippen molar-refractivity contribution in [2.45, 2.75) is 0 Å². The first-order valence-electron chi connectivity index (χ1n) is 9.05. The molecule has 3 aromatic carbocycles. The fraction of sp³-hybridized carbons (Fsp3) is 0.0435. The Balaban J connectivity index is 1.49. The Kier molecular flexibility index (Phi) is 5.25. The van der Waals surface area contributed by atoms with Crippen molar-refractivity contribution in [2.24, 2.45) is 0 Å². The SMILES string of the molecule is COC(=O)c1ccc(-c2nnn(-c3ccc(/C=C/c4ccccc4)cc3)n2)cc1. The first-order valence-corrected chi connectivity index (χ1v) is 9.05. The van der Waals surface area contributed by atoms with Gasteiger partial charge in [0.1, 0.15) is 0 Å². The molecule has 4 aromatic rings. The maximum Gasteiger partial charge on any atom is 0.337 e. The summed E-state index contributed by atoms with van der Waals surface area (Å²) in [4.78, 5) is 13.0. The molecule has 29 heavy (non-hydrogen) atoms. The fourth-order valence-corrected chi connectivity index (χ4v) is 2.79. The van der Waals surface area contributed by atoms with Gasteiger partial charge in [0, 0.05) is 5.56 Å². The predicted octanol–water partition coefficient (Wildman–Crippen LogP) is 4.29. The molecule has 6 heteroatoms. The molecule has 0 radical (unpaired) electrons. The Morgan fingerprint density at radius 1 is 0.862 bits per heavy atom. The topological polar surface area (TPSA) is 69.9 Å². The van der Waals surface area contributed by atoms with E-state index in [0.717, 1.165) is 22.4 Å². The molecule has 0 aliphatic heterocycles. The lowest BCUT2D eigenvalue weighted by atomic mass is 10.1. The highest BCUT2D eigenvalue weighted by Crippen LogP contribution is 2.17. The van der Waals surface area contributed by atoms with Crippen molar-refractivity contribution in [3.63, 3.8) is 0 Å². The van der Waals surface area contributed by atoms with Gasteiger partial charge >= 0.3 is 5.97 Å². The van der Waals surface area contributed by atoms with Gasteiger partial charge in [-0.15, -0.1) is 15.0 Å². The predicted molar refractivity (Wildman–Crippen MR) is 111 cm³/mol. The van der Waals surface area contributed by atoms with Crippen molar-refractivity contribution in [1.29, 1.82) is 0 Å². The monoisotopic (exact) mass is 382 g/mol. The molecule has 6 nitrogen and oxygen atoms in total. The Hall–Kier alpha value is -4.06. The number of rotatable bonds is 5. The van der Waals surface area contributed by atoms with Crippen LogP contribution >= 0.6 is 0 Å². The van der Waals surface area contributed by atoms with Gasteiger partial charge in [-0.25, -0.2) is 4.79 Å². The van der Waals surface area contributed by atoms with Gasteiger partial charge in [-0.2, -0.15) is 0 Å². The maximum atomic E-state index is 11.5. The number of ether oxygens (including phenoxy) is 1. The summed E-state index contributed by atoms with van der Waals surface area (Å²) in [7, 11) is 1.35. The second-order valence-electron chi connectivity index (χ2n) is 6.31. The molecule has 0 aliphatic rings. The molecule has 0 saturated carbocycles. The zero-order valence-electron chi connectivity index (χ0n) is 15.8. The summed E-state index contributed by atoms with van der Waals surface area (Å²) in [5.74, 6) is 0.101.